The van der Waals surface area contributed by atoms with E-state index in [4.69, 9.17) is 5.26 Å². The van der Waals surface area contributed by atoms with Crippen molar-refractivity contribution in [1.29, 1.82) is 5.26 Å². The molecule has 0 aliphatic heterocycles. The molecule has 5 nitrogen and oxygen atoms in total. The lowest BCUT2D eigenvalue weighted by Crippen LogP contribution is -2.01. The van der Waals surface area contributed by atoms with Crippen LogP contribution in [0, 0.1) is 11.3 Å². The van der Waals surface area contributed by atoms with Crippen LogP contribution < -0.4 is 5.32 Å². The third-order valence-corrected chi connectivity index (χ3v) is 3.98. The summed E-state index contributed by atoms with van der Waals surface area (Å²) >= 11 is 1.00. The normalized spacial score (nSPS) is 10.0. The van der Waals surface area contributed by atoms with Crippen molar-refractivity contribution < 1.29 is 9.90 Å². The minimum Gasteiger partial charge on any atom is -0.492 e. The zero-order valence-corrected chi connectivity index (χ0v) is 12.7. The standard InChI is InChI=1S/C17H11N3O2S/c18-10-14-16(22)20-23-17(14)19-13-8-6-12(7-9-13)15(21)11-4-2-1-3-5-11/h1-9,19H,(H,20,22). The van der Waals surface area contributed by atoms with Crippen LogP contribution in [0.15, 0.2) is 54.6 Å². The first-order valence-electron chi connectivity index (χ1n) is 6.74. The van der Waals surface area contributed by atoms with Crippen LogP contribution in [0.2, 0.25) is 0 Å². The number of nitrogens with one attached hydrogen (secondary N) is 1. The molecule has 0 amide bonds. The van der Waals surface area contributed by atoms with Gasteiger partial charge in [0.05, 0.1) is 0 Å². The van der Waals surface area contributed by atoms with Gasteiger partial charge in [0, 0.05) is 16.8 Å². The molecule has 0 saturated carbocycles. The molecule has 0 fully saturated rings. The van der Waals surface area contributed by atoms with Gasteiger partial charge in [0.2, 0.25) is 5.88 Å². The van der Waals surface area contributed by atoms with Crippen LogP contribution in [0.5, 0.6) is 5.88 Å². The van der Waals surface area contributed by atoms with Crippen LogP contribution in [0.1, 0.15) is 21.5 Å². The summed E-state index contributed by atoms with van der Waals surface area (Å²) < 4.78 is 3.73. The largest absolute Gasteiger partial charge is 0.492 e. The summed E-state index contributed by atoms with van der Waals surface area (Å²) in [5.41, 5.74) is 2.02. The molecule has 0 aliphatic carbocycles. The molecule has 1 heterocycles. The lowest BCUT2D eigenvalue weighted by atomic mass is 10.0. The molecule has 3 aromatic rings. The summed E-state index contributed by atoms with van der Waals surface area (Å²) in [5, 5.41) is 21.9. The van der Waals surface area contributed by atoms with Crippen LogP contribution in [-0.2, 0) is 0 Å². The molecule has 23 heavy (non-hydrogen) atoms. The third-order valence-electron chi connectivity index (χ3n) is 3.23. The molecular weight excluding hydrogens is 310 g/mol. The van der Waals surface area contributed by atoms with Gasteiger partial charge < -0.3 is 10.4 Å². The van der Waals surface area contributed by atoms with Crippen molar-refractivity contribution in [2.75, 3.05) is 5.32 Å². The Morgan fingerprint density at radius 1 is 1.09 bits per heavy atom. The summed E-state index contributed by atoms with van der Waals surface area (Å²) in [6, 6.07) is 17.9. The van der Waals surface area contributed by atoms with Gasteiger partial charge in [-0.25, -0.2) is 0 Å². The van der Waals surface area contributed by atoms with E-state index < -0.39 is 0 Å². The molecule has 0 atom stereocenters. The highest BCUT2D eigenvalue weighted by molar-refractivity contribution is 7.10. The fourth-order valence-electron chi connectivity index (χ4n) is 2.06. The highest BCUT2D eigenvalue weighted by Crippen LogP contribution is 2.31. The second-order valence-corrected chi connectivity index (χ2v) is 5.49. The Morgan fingerprint density at radius 3 is 2.39 bits per heavy atom. The van der Waals surface area contributed by atoms with Gasteiger partial charge in [-0.05, 0) is 35.8 Å². The average molecular weight is 321 g/mol. The predicted octanol–water partition coefficient (Wildman–Crippen LogP) is 3.69. The molecule has 0 spiro atoms. The maximum Gasteiger partial charge on any atom is 0.243 e. The van der Waals surface area contributed by atoms with E-state index in [0.29, 0.717) is 21.8 Å². The lowest BCUT2D eigenvalue weighted by molar-refractivity contribution is 0.103. The first-order chi connectivity index (χ1) is 11.2. The predicted molar refractivity (Wildman–Crippen MR) is 88.1 cm³/mol. The molecule has 3 rings (SSSR count). The second-order valence-electron chi connectivity index (χ2n) is 4.72. The number of aromatic hydroxyl groups is 1. The number of hydrogen-bond donors (Lipinski definition) is 2. The van der Waals surface area contributed by atoms with Crippen molar-refractivity contribution in [1.82, 2.24) is 4.37 Å². The minimum absolute atomic E-state index is 0.0506. The van der Waals surface area contributed by atoms with E-state index in [1.54, 1.807) is 36.4 Å². The maximum atomic E-state index is 12.3. The van der Waals surface area contributed by atoms with E-state index in [1.165, 1.54) is 0 Å². The van der Waals surface area contributed by atoms with Crippen molar-refractivity contribution in [3.8, 4) is 11.9 Å². The molecule has 0 bridgehead atoms. The van der Waals surface area contributed by atoms with Gasteiger partial charge in [-0.2, -0.15) is 9.64 Å². The zero-order valence-electron chi connectivity index (χ0n) is 11.9. The highest BCUT2D eigenvalue weighted by atomic mass is 32.1. The molecule has 6 heteroatoms. The Hall–Kier alpha value is -3.17. The van der Waals surface area contributed by atoms with Gasteiger partial charge in [-0.1, -0.05) is 30.3 Å². The third kappa shape index (κ3) is 3.05. The van der Waals surface area contributed by atoms with E-state index in [2.05, 4.69) is 9.69 Å². The van der Waals surface area contributed by atoms with Crippen molar-refractivity contribution in [2.24, 2.45) is 0 Å². The Bertz CT molecular complexity index is 880. The van der Waals surface area contributed by atoms with Gasteiger partial charge >= 0.3 is 0 Å². The molecule has 0 saturated heterocycles. The number of nitrogens with zero attached hydrogens (tertiary/aromatic N) is 2. The topological polar surface area (TPSA) is 86.0 Å². The van der Waals surface area contributed by atoms with Crippen LogP contribution in [-0.4, -0.2) is 15.3 Å². The SMILES string of the molecule is N#Cc1c(O)nsc1Nc1ccc(C(=O)c2ccccc2)cc1. The van der Waals surface area contributed by atoms with Crippen molar-refractivity contribution in [2.45, 2.75) is 0 Å². The molecule has 1 aromatic heterocycles. The lowest BCUT2D eigenvalue weighted by Gasteiger charge is -2.05. The van der Waals surface area contributed by atoms with Crippen LogP contribution >= 0.6 is 11.5 Å². The fraction of sp³-hybridized carbons (Fsp3) is 0. The van der Waals surface area contributed by atoms with Gasteiger partial charge in [0.25, 0.3) is 0 Å². The number of ketones is 1. The van der Waals surface area contributed by atoms with Crippen LogP contribution in [0.3, 0.4) is 0 Å². The number of rotatable bonds is 4. The molecular formula is C17H11N3O2S. The smallest absolute Gasteiger partial charge is 0.243 e. The van der Waals surface area contributed by atoms with E-state index in [1.807, 2.05) is 24.3 Å². The number of carbonyl (C=O) groups excluding carboxylic acids is 1. The minimum atomic E-state index is -0.282. The number of anilines is 2. The van der Waals surface area contributed by atoms with Gasteiger partial charge in [-0.15, -0.1) is 0 Å². The van der Waals surface area contributed by atoms with Gasteiger partial charge in [0.1, 0.15) is 11.1 Å². The zero-order chi connectivity index (χ0) is 16.2. The Kier molecular flexibility index (Phi) is 4.04. The van der Waals surface area contributed by atoms with E-state index >= 15 is 0 Å². The summed E-state index contributed by atoms with van der Waals surface area (Å²) in [5.74, 6) is -0.332. The maximum absolute atomic E-state index is 12.3. The second kappa shape index (κ2) is 6.30. The number of hydrogen-bond acceptors (Lipinski definition) is 6. The first-order valence-corrected chi connectivity index (χ1v) is 7.52. The number of benzene rings is 2. The number of carbonyl (C=O) groups is 1. The van der Waals surface area contributed by atoms with Gasteiger partial charge in [-0.3, -0.25) is 4.79 Å². The summed E-state index contributed by atoms with van der Waals surface area (Å²) in [7, 11) is 0. The monoisotopic (exact) mass is 321 g/mol. The van der Waals surface area contributed by atoms with Crippen molar-refractivity contribution >= 4 is 28.0 Å². The van der Waals surface area contributed by atoms with Crippen molar-refractivity contribution in [3.63, 3.8) is 0 Å². The fourth-order valence-corrected chi connectivity index (χ4v) is 2.72. The molecule has 0 unspecified atom stereocenters. The Labute approximate surface area is 136 Å². The Balaban J connectivity index is 1.80. The first kappa shape index (κ1) is 14.8. The van der Waals surface area contributed by atoms with Crippen LogP contribution in [0.4, 0.5) is 10.7 Å². The average Bonchev–Trinajstić information content (AvgIpc) is 2.95. The molecule has 112 valence electrons. The quantitative estimate of drug-likeness (QED) is 0.716. The Morgan fingerprint density at radius 2 is 1.74 bits per heavy atom. The number of nitriles is 1. The summed E-state index contributed by atoms with van der Waals surface area (Å²) in [4.78, 5) is 12.3. The van der Waals surface area contributed by atoms with E-state index in [-0.39, 0.29) is 17.2 Å². The van der Waals surface area contributed by atoms with E-state index in [0.717, 1.165) is 11.5 Å². The van der Waals surface area contributed by atoms with Gasteiger partial charge in [0.15, 0.2) is 11.3 Å². The molecule has 2 N–H and O–H groups in total. The summed E-state index contributed by atoms with van der Waals surface area (Å²) in [6.45, 7) is 0. The van der Waals surface area contributed by atoms with Crippen LogP contribution in [0.25, 0.3) is 0 Å². The molecule has 2 aromatic carbocycles. The molecule has 0 radical (unpaired) electrons. The van der Waals surface area contributed by atoms with E-state index in [9.17, 15) is 9.90 Å². The molecule has 0 aliphatic rings. The number of aromatic nitrogens is 1. The van der Waals surface area contributed by atoms with Crippen molar-refractivity contribution in [3.05, 3.63) is 71.3 Å². The highest BCUT2D eigenvalue weighted by Gasteiger charge is 2.13. The summed E-state index contributed by atoms with van der Waals surface area (Å²) in [6.07, 6.45) is 0.